The molecule has 3 heteroatoms. The summed E-state index contributed by atoms with van der Waals surface area (Å²) in [6.45, 7) is 3.88. The second-order valence-corrected chi connectivity index (χ2v) is 3.02. The second kappa shape index (κ2) is 4.58. The van der Waals surface area contributed by atoms with Crippen LogP contribution in [0.15, 0.2) is 24.5 Å². The van der Waals surface area contributed by atoms with Crippen LogP contribution in [0.4, 0.5) is 0 Å². The van der Waals surface area contributed by atoms with Gasteiger partial charge in [0.05, 0.1) is 12.1 Å². The summed E-state index contributed by atoms with van der Waals surface area (Å²) >= 11 is 0. The molecule has 13 heavy (non-hydrogen) atoms. The Morgan fingerprint density at radius 2 is 2.00 bits per heavy atom. The van der Waals surface area contributed by atoms with Gasteiger partial charge in [0.25, 0.3) is 0 Å². The van der Waals surface area contributed by atoms with Crippen molar-refractivity contribution in [3.8, 4) is 6.07 Å². The van der Waals surface area contributed by atoms with Crippen molar-refractivity contribution >= 4 is 0 Å². The first kappa shape index (κ1) is 9.69. The highest BCUT2D eigenvalue weighted by Crippen LogP contribution is 2.10. The van der Waals surface area contributed by atoms with E-state index in [1.165, 1.54) is 0 Å². The van der Waals surface area contributed by atoms with Crippen molar-refractivity contribution in [2.24, 2.45) is 0 Å². The van der Waals surface area contributed by atoms with Crippen LogP contribution in [0.25, 0.3) is 0 Å². The Kier molecular flexibility index (Phi) is 3.41. The van der Waals surface area contributed by atoms with E-state index in [2.05, 4.69) is 16.4 Å². The summed E-state index contributed by atoms with van der Waals surface area (Å²) in [6, 6.07) is 6.10. The number of hydrogen-bond donors (Lipinski definition) is 1. The molecule has 0 aliphatic heterocycles. The Morgan fingerprint density at radius 1 is 1.38 bits per heavy atom. The highest BCUT2D eigenvalue weighted by Gasteiger charge is 2.07. The monoisotopic (exact) mass is 175 g/mol. The average Bonchev–Trinajstić information content (AvgIpc) is 2.19. The van der Waals surface area contributed by atoms with Crippen molar-refractivity contribution < 1.29 is 0 Å². The van der Waals surface area contributed by atoms with Gasteiger partial charge >= 0.3 is 0 Å². The Morgan fingerprint density at radius 3 is 2.54 bits per heavy atom. The third kappa shape index (κ3) is 2.85. The molecule has 0 aliphatic rings. The van der Waals surface area contributed by atoms with Crippen LogP contribution in [-0.2, 0) is 0 Å². The molecule has 3 nitrogen and oxygen atoms in total. The second-order valence-electron chi connectivity index (χ2n) is 3.02. The minimum absolute atomic E-state index is 0.122. The molecular weight excluding hydrogens is 162 g/mol. The smallest absolute Gasteiger partial charge is 0.0929 e. The maximum atomic E-state index is 8.61. The molecule has 0 amide bonds. The topological polar surface area (TPSA) is 48.7 Å². The van der Waals surface area contributed by atoms with Gasteiger partial charge in [-0.25, -0.2) is 0 Å². The lowest BCUT2D eigenvalue weighted by molar-refractivity contribution is 0.542. The molecular formula is C10H13N3. The fourth-order valence-corrected chi connectivity index (χ4v) is 1.16. The summed E-state index contributed by atoms with van der Waals surface area (Å²) in [5.41, 5.74) is 1.15. The van der Waals surface area contributed by atoms with Gasteiger partial charge in [-0.2, -0.15) is 5.26 Å². The van der Waals surface area contributed by atoms with Gasteiger partial charge in [0.1, 0.15) is 0 Å². The van der Waals surface area contributed by atoms with Gasteiger partial charge in [-0.15, -0.1) is 0 Å². The molecule has 0 spiro atoms. The van der Waals surface area contributed by atoms with Crippen LogP contribution in [0, 0.1) is 11.3 Å². The molecule has 2 unspecified atom stereocenters. The number of pyridine rings is 1. The number of nitriles is 1. The summed E-state index contributed by atoms with van der Waals surface area (Å²) in [6.07, 6.45) is 3.51. The van der Waals surface area contributed by atoms with Gasteiger partial charge < -0.3 is 0 Å². The molecule has 0 saturated heterocycles. The van der Waals surface area contributed by atoms with Gasteiger partial charge in [0, 0.05) is 18.4 Å². The summed E-state index contributed by atoms with van der Waals surface area (Å²) in [5, 5.41) is 11.8. The Hall–Kier alpha value is -1.40. The van der Waals surface area contributed by atoms with Crippen molar-refractivity contribution in [1.29, 1.82) is 5.26 Å². The zero-order valence-corrected chi connectivity index (χ0v) is 7.86. The number of nitrogens with one attached hydrogen (secondary N) is 1. The minimum atomic E-state index is -0.122. The highest BCUT2D eigenvalue weighted by molar-refractivity contribution is 5.14. The fraction of sp³-hybridized carbons (Fsp3) is 0.400. The van der Waals surface area contributed by atoms with Crippen molar-refractivity contribution in [3.05, 3.63) is 30.1 Å². The van der Waals surface area contributed by atoms with Crippen LogP contribution in [0.3, 0.4) is 0 Å². The van der Waals surface area contributed by atoms with Crippen LogP contribution >= 0.6 is 0 Å². The van der Waals surface area contributed by atoms with Crippen LogP contribution in [-0.4, -0.2) is 11.0 Å². The number of aromatic nitrogens is 1. The van der Waals surface area contributed by atoms with Gasteiger partial charge in [0.15, 0.2) is 0 Å². The van der Waals surface area contributed by atoms with E-state index in [9.17, 15) is 0 Å². The predicted octanol–water partition coefficient (Wildman–Crippen LogP) is 1.64. The lowest BCUT2D eigenvalue weighted by Gasteiger charge is -2.14. The van der Waals surface area contributed by atoms with Crippen molar-refractivity contribution in [2.45, 2.75) is 25.9 Å². The summed E-state index contributed by atoms with van der Waals surface area (Å²) < 4.78 is 0. The molecule has 1 rings (SSSR count). The normalized spacial score (nSPS) is 14.5. The molecule has 2 atom stereocenters. The first-order valence-corrected chi connectivity index (χ1v) is 4.29. The van der Waals surface area contributed by atoms with Crippen LogP contribution in [0.5, 0.6) is 0 Å². The average molecular weight is 175 g/mol. The largest absolute Gasteiger partial charge is 0.296 e. The highest BCUT2D eigenvalue weighted by atomic mass is 14.9. The summed E-state index contributed by atoms with van der Waals surface area (Å²) in [4.78, 5) is 3.93. The SMILES string of the molecule is CC(C#N)NC(C)c1ccncc1. The molecule has 1 aromatic rings. The Balaban J connectivity index is 2.60. The number of rotatable bonds is 3. The molecule has 1 aromatic heterocycles. The van der Waals surface area contributed by atoms with E-state index >= 15 is 0 Å². The first-order chi connectivity index (χ1) is 6.24. The molecule has 0 bridgehead atoms. The molecule has 1 N–H and O–H groups in total. The van der Waals surface area contributed by atoms with E-state index < -0.39 is 0 Å². The zero-order chi connectivity index (χ0) is 9.68. The van der Waals surface area contributed by atoms with E-state index in [1.807, 2.05) is 26.0 Å². The van der Waals surface area contributed by atoms with E-state index in [-0.39, 0.29) is 12.1 Å². The van der Waals surface area contributed by atoms with Crippen LogP contribution < -0.4 is 5.32 Å². The fourth-order valence-electron chi connectivity index (χ4n) is 1.16. The maximum absolute atomic E-state index is 8.61. The lowest BCUT2D eigenvalue weighted by atomic mass is 10.1. The van der Waals surface area contributed by atoms with Crippen LogP contribution in [0.1, 0.15) is 25.5 Å². The Bertz CT molecular complexity index is 289. The Labute approximate surface area is 78.4 Å². The van der Waals surface area contributed by atoms with Crippen molar-refractivity contribution in [3.63, 3.8) is 0 Å². The molecule has 0 aromatic carbocycles. The van der Waals surface area contributed by atoms with Gasteiger partial charge in [0.2, 0.25) is 0 Å². The van der Waals surface area contributed by atoms with Gasteiger partial charge in [-0.05, 0) is 31.5 Å². The van der Waals surface area contributed by atoms with E-state index in [0.717, 1.165) is 5.56 Å². The number of hydrogen-bond acceptors (Lipinski definition) is 3. The lowest BCUT2D eigenvalue weighted by Crippen LogP contribution is -2.27. The molecule has 0 fully saturated rings. The molecule has 0 aliphatic carbocycles. The quantitative estimate of drug-likeness (QED) is 0.759. The minimum Gasteiger partial charge on any atom is -0.296 e. The maximum Gasteiger partial charge on any atom is 0.0929 e. The zero-order valence-electron chi connectivity index (χ0n) is 7.86. The van der Waals surface area contributed by atoms with Crippen LogP contribution in [0.2, 0.25) is 0 Å². The van der Waals surface area contributed by atoms with E-state index in [1.54, 1.807) is 12.4 Å². The molecule has 68 valence electrons. The molecule has 1 heterocycles. The van der Waals surface area contributed by atoms with Gasteiger partial charge in [-0.1, -0.05) is 0 Å². The number of nitrogens with zero attached hydrogens (tertiary/aromatic N) is 2. The van der Waals surface area contributed by atoms with Crippen molar-refractivity contribution in [2.75, 3.05) is 0 Å². The standard InChI is InChI=1S/C10H13N3/c1-8(7-11)13-9(2)10-3-5-12-6-4-10/h3-6,8-9,13H,1-2H3. The molecule has 0 radical (unpaired) electrons. The first-order valence-electron chi connectivity index (χ1n) is 4.29. The summed E-state index contributed by atoms with van der Waals surface area (Å²) in [5.74, 6) is 0. The van der Waals surface area contributed by atoms with Crippen molar-refractivity contribution in [1.82, 2.24) is 10.3 Å². The third-order valence-electron chi connectivity index (χ3n) is 1.90. The predicted molar refractivity (Wildman–Crippen MR) is 50.9 cm³/mol. The van der Waals surface area contributed by atoms with E-state index in [4.69, 9.17) is 5.26 Å². The van der Waals surface area contributed by atoms with E-state index in [0.29, 0.717) is 0 Å². The van der Waals surface area contributed by atoms with Gasteiger partial charge in [-0.3, -0.25) is 10.3 Å². The molecule has 0 saturated carbocycles. The summed E-state index contributed by atoms with van der Waals surface area (Å²) in [7, 11) is 0. The third-order valence-corrected chi connectivity index (χ3v) is 1.90.